The first-order chi connectivity index (χ1) is 6.56. The molecule has 1 fully saturated rings. The monoisotopic (exact) mass is 217 g/mol. The van der Waals surface area contributed by atoms with Gasteiger partial charge in [-0.25, -0.2) is 0 Å². The number of rotatable bonds is 4. The molecule has 0 aliphatic carbocycles. The van der Waals surface area contributed by atoms with Crippen molar-refractivity contribution in [3.05, 3.63) is 0 Å². The van der Waals surface area contributed by atoms with Crippen LogP contribution in [0.25, 0.3) is 0 Å². The molecule has 3 nitrogen and oxygen atoms in total. The minimum Gasteiger partial charge on any atom is -0.397 e. The Labute approximate surface area is 88.8 Å². The zero-order chi connectivity index (χ0) is 10.6. The molecule has 0 radical (unpaired) electrons. The van der Waals surface area contributed by atoms with Crippen LogP contribution in [0.3, 0.4) is 0 Å². The summed E-state index contributed by atoms with van der Waals surface area (Å²) in [5.74, 6) is 0. The lowest BCUT2D eigenvalue weighted by molar-refractivity contribution is 0.0369. The lowest BCUT2D eigenvalue weighted by Crippen LogP contribution is -2.49. The van der Waals surface area contributed by atoms with Crippen LogP contribution in [0.1, 0.15) is 40.0 Å². The highest BCUT2D eigenvalue weighted by atomic mass is 28.3. The fraction of sp³-hybridized carbons (Fsp3) is 1.00. The Morgan fingerprint density at radius 1 is 1.50 bits per heavy atom. The van der Waals surface area contributed by atoms with Crippen LogP contribution in [-0.2, 0) is 8.85 Å². The summed E-state index contributed by atoms with van der Waals surface area (Å²) in [5.41, 5.74) is 5.79. The van der Waals surface area contributed by atoms with Crippen LogP contribution in [-0.4, -0.2) is 27.5 Å². The van der Waals surface area contributed by atoms with E-state index in [0.29, 0.717) is 0 Å². The second-order valence-electron chi connectivity index (χ2n) is 4.53. The molecule has 14 heavy (non-hydrogen) atoms. The maximum atomic E-state index is 6.02. The van der Waals surface area contributed by atoms with Crippen molar-refractivity contribution < 1.29 is 8.85 Å². The van der Waals surface area contributed by atoms with E-state index in [1.165, 1.54) is 12.8 Å². The standard InChI is InChI=1S/C10H23NO2Si/c1-4-9(11)10(2,3)13-14-8-6-5-7-12-14/h9,14H,4-8,11H2,1-3H3. The molecule has 2 N–H and O–H groups in total. The SMILES string of the molecule is CCC(N)C(C)(C)O[SiH]1CCCCO1. The van der Waals surface area contributed by atoms with Gasteiger partial charge in [0.25, 0.3) is 0 Å². The van der Waals surface area contributed by atoms with Gasteiger partial charge in [0.1, 0.15) is 0 Å². The minimum atomic E-state index is -1.40. The Balaban J connectivity index is 2.40. The molecule has 0 spiro atoms. The van der Waals surface area contributed by atoms with Crippen LogP contribution in [0.2, 0.25) is 6.04 Å². The van der Waals surface area contributed by atoms with Crippen molar-refractivity contribution in [2.45, 2.75) is 57.7 Å². The Bertz CT molecular complexity index is 170. The predicted molar refractivity (Wildman–Crippen MR) is 60.6 cm³/mol. The Kier molecular flexibility index (Phi) is 4.57. The highest BCUT2D eigenvalue weighted by Crippen LogP contribution is 2.21. The fourth-order valence-electron chi connectivity index (χ4n) is 1.72. The molecule has 1 rings (SSSR count). The molecule has 4 heteroatoms. The van der Waals surface area contributed by atoms with E-state index < -0.39 is 9.28 Å². The van der Waals surface area contributed by atoms with Crippen LogP contribution in [0.5, 0.6) is 0 Å². The fourth-order valence-corrected chi connectivity index (χ4v) is 3.98. The van der Waals surface area contributed by atoms with Crippen molar-refractivity contribution in [1.29, 1.82) is 0 Å². The highest BCUT2D eigenvalue weighted by Gasteiger charge is 2.31. The summed E-state index contributed by atoms with van der Waals surface area (Å²) in [6.07, 6.45) is 3.40. The summed E-state index contributed by atoms with van der Waals surface area (Å²) in [7, 11) is -1.40. The summed E-state index contributed by atoms with van der Waals surface area (Å²) in [4.78, 5) is 0. The smallest absolute Gasteiger partial charge is 0.321 e. The van der Waals surface area contributed by atoms with Crippen LogP contribution in [0, 0.1) is 0 Å². The molecule has 0 aromatic carbocycles. The molecular weight excluding hydrogens is 194 g/mol. The van der Waals surface area contributed by atoms with Crippen molar-refractivity contribution in [3.8, 4) is 0 Å². The lowest BCUT2D eigenvalue weighted by Gasteiger charge is -2.36. The van der Waals surface area contributed by atoms with Gasteiger partial charge in [0, 0.05) is 12.6 Å². The normalized spacial score (nSPS) is 26.1. The molecule has 0 aromatic heterocycles. The maximum absolute atomic E-state index is 6.02. The van der Waals surface area contributed by atoms with Crippen molar-refractivity contribution in [1.82, 2.24) is 0 Å². The van der Waals surface area contributed by atoms with Crippen LogP contribution in [0.4, 0.5) is 0 Å². The molecule has 1 aliphatic rings. The van der Waals surface area contributed by atoms with Gasteiger partial charge in [-0.05, 0) is 39.2 Å². The van der Waals surface area contributed by atoms with Gasteiger partial charge in [0.05, 0.1) is 5.60 Å². The third kappa shape index (κ3) is 3.35. The number of nitrogens with two attached hydrogens (primary N) is 1. The van der Waals surface area contributed by atoms with Gasteiger partial charge in [-0.2, -0.15) is 0 Å². The largest absolute Gasteiger partial charge is 0.397 e. The van der Waals surface area contributed by atoms with Gasteiger partial charge < -0.3 is 14.6 Å². The molecule has 2 atom stereocenters. The van der Waals surface area contributed by atoms with Crippen molar-refractivity contribution in [3.63, 3.8) is 0 Å². The molecule has 1 aliphatic heterocycles. The van der Waals surface area contributed by atoms with E-state index in [4.69, 9.17) is 14.6 Å². The van der Waals surface area contributed by atoms with Crippen LogP contribution in [0.15, 0.2) is 0 Å². The molecule has 0 saturated carbocycles. The van der Waals surface area contributed by atoms with E-state index in [9.17, 15) is 0 Å². The van der Waals surface area contributed by atoms with Gasteiger partial charge in [0.2, 0.25) is 0 Å². The van der Waals surface area contributed by atoms with Gasteiger partial charge in [-0.3, -0.25) is 0 Å². The van der Waals surface area contributed by atoms with E-state index >= 15 is 0 Å². The number of hydrogen-bond donors (Lipinski definition) is 1. The van der Waals surface area contributed by atoms with Gasteiger partial charge >= 0.3 is 9.28 Å². The minimum absolute atomic E-state index is 0.112. The molecule has 2 unspecified atom stereocenters. The second kappa shape index (κ2) is 5.26. The summed E-state index contributed by atoms with van der Waals surface area (Å²) in [6.45, 7) is 7.13. The first kappa shape index (κ1) is 12.2. The first-order valence-corrected chi connectivity index (χ1v) is 7.37. The average Bonchev–Trinajstić information content (AvgIpc) is 2.17. The topological polar surface area (TPSA) is 44.5 Å². The Morgan fingerprint density at radius 3 is 2.71 bits per heavy atom. The Morgan fingerprint density at radius 2 is 2.21 bits per heavy atom. The van der Waals surface area contributed by atoms with Gasteiger partial charge in [-0.1, -0.05) is 6.92 Å². The first-order valence-electron chi connectivity index (χ1n) is 5.61. The quantitative estimate of drug-likeness (QED) is 0.727. The van der Waals surface area contributed by atoms with Crippen molar-refractivity contribution >= 4 is 9.28 Å². The molecule has 84 valence electrons. The Hall–Kier alpha value is 0.0969. The summed E-state index contributed by atoms with van der Waals surface area (Å²) in [6, 6.07) is 1.25. The molecule has 0 bridgehead atoms. The summed E-state index contributed by atoms with van der Waals surface area (Å²) >= 11 is 0. The molecular formula is C10H23NO2Si. The summed E-state index contributed by atoms with van der Waals surface area (Å²) < 4.78 is 11.7. The van der Waals surface area contributed by atoms with E-state index in [1.54, 1.807) is 0 Å². The maximum Gasteiger partial charge on any atom is 0.321 e. The van der Waals surface area contributed by atoms with Crippen LogP contribution >= 0.6 is 0 Å². The van der Waals surface area contributed by atoms with Crippen LogP contribution < -0.4 is 5.73 Å². The van der Waals surface area contributed by atoms with E-state index in [1.807, 2.05) is 0 Å². The third-order valence-electron chi connectivity index (χ3n) is 2.91. The van der Waals surface area contributed by atoms with E-state index in [-0.39, 0.29) is 11.6 Å². The van der Waals surface area contributed by atoms with Crippen molar-refractivity contribution in [2.24, 2.45) is 5.73 Å². The highest BCUT2D eigenvalue weighted by molar-refractivity contribution is 6.44. The molecule has 1 saturated heterocycles. The zero-order valence-corrected chi connectivity index (χ0v) is 10.7. The van der Waals surface area contributed by atoms with E-state index in [2.05, 4.69) is 20.8 Å². The third-order valence-corrected chi connectivity index (χ3v) is 5.26. The molecule has 0 aromatic rings. The van der Waals surface area contributed by atoms with Crippen molar-refractivity contribution in [2.75, 3.05) is 6.61 Å². The van der Waals surface area contributed by atoms with Gasteiger partial charge in [-0.15, -0.1) is 0 Å². The van der Waals surface area contributed by atoms with E-state index in [0.717, 1.165) is 19.1 Å². The summed E-state index contributed by atoms with van der Waals surface area (Å²) in [5, 5.41) is 0. The number of hydrogen-bond acceptors (Lipinski definition) is 3. The average molecular weight is 217 g/mol. The zero-order valence-electron chi connectivity index (χ0n) is 9.58. The molecule has 1 heterocycles. The molecule has 0 amide bonds. The predicted octanol–water partition coefficient (Wildman–Crippen LogP) is 1.55. The second-order valence-corrected chi connectivity index (χ2v) is 6.54. The lowest BCUT2D eigenvalue weighted by atomic mass is 9.98. The van der Waals surface area contributed by atoms with Gasteiger partial charge in [0.15, 0.2) is 0 Å².